The summed E-state index contributed by atoms with van der Waals surface area (Å²) in [7, 11) is 4.07. The van der Waals surface area contributed by atoms with Gasteiger partial charge in [0.15, 0.2) is 17.1 Å². The van der Waals surface area contributed by atoms with Crippen LogP contribution in [0.25, 0.3) is 11.3 Å². The zero-order valence-electron chi connectivity index (χ0n) is 12.9. The van der Waals surface area contributed by atoms with Gasteiger partial charge in [0, 0.05) is 34.7 Å². The van der Waals surface area contributed by atoms with Crippen LogP contribution in [0.3, 0.4) is 0 Å². The Hall–Kier alpha value is -1.11. The molecule has 2 atom stereocenters. The standard InChI is InChI=1S/C16H18BrN3O2/c1-8-11-10(21-13(8)17)6-16(4-5-16)9-7-20(18-12(9)11)15-14(22-15)19(2)3/h7,14-15H,4-6H2,1-3H3. The van der Waals surface area contributed by atoms with E-state index in [2.05, 4.69) is 34.0 Å². The first-order chi connectivity index (χ1) is 10.5. The van der Waals surface area contributed by atoms with Crippen LogP contribution < -0.4 is 0 Å². The van der Waals surface area contributed by atoms with Crippen molar-refractivity contribution in [3.63, 3.8) is 0 Å². The van der Waals surface area contributed by atoms with E-state index in [0.717, 1.165) is 28.1 Å². The number of hydrogen-bond acceptors (Lipinski definition) is 4. The normalized spacial score (nSPS) is 27.1. The van der Waals surface area contributed by atoms with E-state index in [1.807, 2.05) is 18.8 Å². The summed E-state index contributed by atoms with van der Waals surface area (Å²) < 4.78 is 14.5. The average Bonchev–Trinajstić information content (AvgIpc) is 3.35. The van der Waals surface area contributed by atoms with Gasteiger partial charge in [0.2, 0.25) is 0 Å². The average molecular weight is 364 g/mol. The molecule has 1 saturated carbocycles. The Balaban J connectivity index is 1.64. The van der Waals surface area contributed by atoms with E-state index >= 15 is 0 Å². The molecule has 0 amide bonds. The van der Waals surface area contributed by atoms with Crippen LogP contribution in [0.5, 0.6) is 0 Å². The quantitative estimate of drug-likeness (QED) is 0.768. The van der Waals surface area contributed by atoms with Crippen LogP contribution in [0.4, 0.5) is 0 Å². The van der Waals surface area contributed by atoms with Gasteiger partial charge in [0.05, 0.1) is 5.69 Å². The molecule has 6 heteroatoms. The zero-order valence-corrected chi connectivity index (χ0v) is 14.5. The van der Waals surface area contributed by atoms with E-state index in [4.69, 9.17) is 14.3 Å². The largest absolute Gasteiger partial charge is 0.453 e. The van der Waals surface area contributed by atoms with E-state index in [-0.39, 0.29) is 17.9 Å². The zero-order chi connectivity index (χ0) is 15.2. The first kappa shape index (κ1) is 13.3. The number of ether oxygens (including phenoxy) is 1. The topological polar surface area (TPSA) is 46.7 Å². The minimum absolute atomic E-state index is 0.0375. The predicted molar refractivity (Wildman–Crippen MR) is 84.6 cm³/mol. The number of rotatable bonds is 2. The molecule has 2 unspecified atom stereocenters. The number of epoxide rings is 1. The highest BCUT2D eigenvalue weighted by Crippen LogP contribution is 2.58. The van der Waals surface area contributed by atoms with Gasteiger partial charge in [-0.1, -0.05) is 0 Å². The van der Waals surface area contributed by atoms with Crippen molar-refractivity contribution in [1.29, 1.82) is 0 Å². The highest BCUT2D eigenvalue weighted by Gasteiger charge is 2.53. The van der Waals surface area contributed by atoms with Crippen LogP contribution >= 0.6 is 15.9 Å². The van der Waals surface area contributed by atoms with E-state index in [1.54, 1.807) is 0 Å². The summed E-state index contributed by atoms with van der Waals surface area (Å²) in [6, 6.07) is 0. The first-order valence-electron chi connectivity index (χ1n) is 7.70. The van der Waals surface area contributed by atoms with Gasteiger partial charge in [-0.05, 0) is 49.8 Å². The van der Waals surface area contributed by atoms with Crippen LogP contribution in [-0.2, 0) is 16.6 Å². The highest BCUT2D eigenvalue weighted by molar-refractivity contribution is 9.10. The maximum absolute atomic E-state index is 5.94. The fourth-order valence-corrected chi connectivity index (χ4v) is 4.13. The number of hydrogen-bond donors (Lipinski definition) is 0. The number of furan rings is 1. The second-order valence-corrected chi connectivity index (χ2v) is 7.73. The molecule has 0 aromatic carbocycles. The van der Waals surface area contributed by atoms with E-state index < -0.39 is 0 Å². The number of likely N-dealkylation sites (N-methyl/N-ethyl adjacent to an activating group) is 1. The number of nitrogens with zero attached hydrogens (tertiary/aromatic N) is 3. The molecule has 22 heavy (non-hydrogen) atoms. The van der Waals surface area contributed by atoms with Crippen molar-refractivity contribution in [2.24, 2.45) is 0 Å². The molecule has 2 aromatic rings. The van der Waals surface area contributed by atoms with Crippen molar-refractivity contribution >= 4 is 15.9 Å². The third-order valence-corrected chi connectivity index (χ3v) is 6.03. The lowest BCUT2D eigenvalue weighted by Crippen LogP contribution is -2.17. The SMILES string of the molecule is Cc1c(Br)oc2c1-c1nn(C3OC3N(C)C)cc1C1(CC1)C2. The van der Waals surface area contributed by atoms with Crippen molar-refractivity contribution in [2.75, 3.05) is 14.1 Å². The summed E-state index contributed by atoms with van der Waals surface area (Å²) in [6.45, 7) is 2.09. The molecule has 1 saturated heterocycles. The summed E-state index contributed by atoms with van der Waals surface area (Å²) >= 11 is 3.53. The van der Waals surface area contributed by atoms with Crippen molar-refractivity contribution in [1.82, 2.24) is 14.7 Å². The van der Waals surface area contributed by atoms with Gasteiger partial charge in [-0.2, -0.15) is 5.10 Å². The third kappa shape index (κ3) is 1.63. The van der Waals surface area contributed by atoms with Gasteiger partial charge in [0.1, 0.15) is 5.76 Å². The molecule has 0 radical (unpaired) electrons. The van der Waals surface area contributed by atoms with Crippen LogP contribution in [-0.4, -0.2) is 35.0 Å². The highest BCUT2D eigenvalue weighted by atomic mass is 79.9. The maximum Gasteiger partial charge on any atom is 0.191 e. The Morgan fingerprint density at radius 3 is 2.82 bits per heavy atom. The molecular weight excluding hydrogens is 346 g/mol. The maximum atomic E-state index is 5.94. The molecule has 0 bridgehead atoms. The number of fused-ring (bicyclic) bond motifs is 4. The van der Waals surface area contributed by atoms with Crippen LogP contribution in [0, 0.1) is 6.92 Å². The summed E-state index contributed by atoms with van der Waals surface area (Å²) in [5.41, 5.74) is 5.06. The van der Waals surface area contributed by atoms with Gasteiger partial charge >= 0.3 is 0 Å². The molecule has 3 heterocycles. The Morgan fingerprint density at radius 2 is 2.18 bits per heavy atom. The van der Waals surface area contributed by atoms with E-state index in [1.165, 1.54) is 24.0 Å². The molecular formula is C16H18BrN3O2. The summed E-state index contributed by atoms with van der Waals surface area (Å²) in [6.07, 6.45) is 5.83. The summed E-state index contributed by atoms with van der Waals surface area (Å²) in [5, 5.41) is 4.88. The molecule has 0 N–H and O–H groups in total. The van der Waals surface area contributed by atoms with Crippen LogP contribution in [0.2, 0.25) is 0 Å². The molecule has 2 aliphatic carbocycles. The molecule has 116 valence electrons. The summed E-state index contributed by atoms with van der Waals surface area (Å²) in [4.78, 5) is 2.09. The molecule has 5 rings (SSSR count). The lowest BCUT2D eigenvalue weighted by molar-refractivity contribution is 0.238. The number of halogens is 1. The fourth-order valence-electron chi connectivity index (χ4n) is 3.74. The molecule has 2 aromatic heterocycles. The molecule has 5 nitrogen and oxygen atoms in total. The van der Waals surface area contributed by atoms with Crippen molar-refractivity contribution in [3.05, 3.63) is 27.8 Å². The van der Waals surface area contributed by atoms with Gasteiger partial charge in [-0.25, -0.2) is 4.68 Å². The minimum Gasteiger partial charge on any atom is -0.453 e. The molecule has 1 spiro atoms. The van der Waals surface area contributed by atoms with E-state index in [9.17, 15) is 0 Å². The molecule has 3 aliphatic rings. The number of aromatic nitrogens is 2. The monoisotopic (exact) mass is 363 g/mol. The second kappa shape index (κ2) is 4.04. The first-order valence-corrected chi connectivity index (χ1v) is 8.49. The second-order valence-electron chi connectivity index (χ2n) is 7.01. The Kier molecular flexibility index (Phi) is 2.45. The van der Waals surface area contributed by atoms with Gasteiger partial charge in [-0.15, -0.1) is 0 Å². The van der Waals surface area contributed by atoms with Crippen molar-refractivity contribution < 1.29 is 9.15 Å². The van der Waals surface area contributed by atoms with Gasteiger partial charge < -0.3 is 9.15 Å². The molecule has 2 fully saturated rings. The van der Waals surface area contributed by atoms with Crippen LogP contribution in [0.1, 0.15) is 36.0 Å². The Labute approximate surface area is 137 Å². The Morgan fingerprint density at radius 1 is 1.41 bits per heavy atom. The van der Waals surface area contributed by atoms with Crippen molar-refractivity contribution in [3.8, 4) is 11.3 Å². The predicted octanol–water partition coefficient (Wildman–Crippen LogP) is 3.22. The van der Waals surface area contributed by atoms with Crippen LogP contribution in [0.15, 0.2) is 15.3 Å². The third-order valence-electron chi connectivity index (χ3n) is 5.27. The van der Waals surface area contributed by atoms with Crippen molar-refractivity contribution in [2.45, 2.75) is 44.1 Å². The van der Waals surface area contributed by atoms with Gasteiger partial charge in [0.25, 0.3) is 0 Å². The van der Waals surface area contributed by atoms with E-state index in [0.29, 0.717) is 0 Å². The fraction of sp³-hybridized carbons (Fsp3) is 0.562. The van der Waals surface area contributed by atoms with Gasteiger partial charge in [-0.3, -0.25) is 4.90 Å². The lowest BCUT2D eigenvalue weighted by atomic mass is 9.83. The molecule has 1 aliphatic heterocycles. The minimum atomic E-state index is 0.0375. The lowest BCUT2D eigenvalue weighted by Gasteiger charge is -2.19. The Bertz CT molecular complexity index is 788. The summed E-state index contributed by atoms with van der Waals surface area (Å²) in [5.74, 6) is 1.08. The smallest absolute Gasteiger partial charge is 0.191 e.